The van der Waals surface area contributed by atoms with Gasteiger partial charge in [-0.15, -0.1) is 0 Å². The standard InChI is InChI=1S/C10H9FN4/c11-9-6-12-7-15-10(9)14-5-8-3-1-2-4-13-8/h1-4,6-7H,5H2,(H,12,14,15). The van der Waals surface area contributed by atoms with Gasteiger partial charge in [0.15, 0.2) is 11.6 Å². The molecule has 5 heteroatoms. The summed E-state index contributed by atoms with van der Waals surface area (Å²) < 4.78 is 13.1. The molecule has 0 spiro atoms. The number of nitrogens with zero attached hydrogens (tertiary/aromatic N) is 3. The van der Waals surface area contributed by atoms with E-state index in [1.807, 2.05) is 18.2 Å². The summed E-state index contributed by atoms with van der Waals surface area (Å²) in [7, 11) is 0. The van der Waals surface area contributed by atoms with E-state index < -0.39 is 5.82 Å². The zero-order chi connectivity index (χ0) is 10.5. The monoisotopic (exact) mass is 204 g/mol. The van der Waals surface area contributed by atoms with Crippen LogP contribution in [0.1, 0.15) is 5.69 Å². The molecule has 0 aromatic carbocycles. The van der Waals surface area contributed by atoms with Gasteiger partial charge in [0, 0.05) is 6.20 Å². The van der Waals surface area contributed by atoms with Crippen molar-refractivity contribution in [3.8, 4) is 0 Å². The van der Waals surface area contributed by atoms with Gasteiger partial charge in [-0.2, -0.15) is 0 Å². The van der Waals surface area contributed by atoms with Gasteiger partial charge in [0.25, 0.3) is 0 Å². The Morgan fingerprint density at radius 1 is 1.27 bits per heavy atom. The highest BCUT2D eigenvalue weighted by Crippen LogP contribution is 2.07. The molecule has 0 saturated carbocycles. The summed E-state index contributed by atoms with van der Waals surface area (Å²) in [6.45, 7) is 0.439. The van der Waals surface area contributed by atoms with E-state index in [2.05, 4.69) is 20.3 Å². The summed E-state index contributed by atoms with van der Waals surface area (Å²) in [5, 5.41) is 2.84. The average molecular weight is 204 g/mol. The number of aromatic nitrogens is 3. The Morgan fingerprint density at radius 2 is 2.20 bits per heavy atom. The number of hydrogen-bond donors (Lipinski definition) is 1. The van der Waals surface area contributed by atoms with Crippen LogP contribution in [0.15, 0.2) is 36.9 Å². The van der Waals surface area contributed by atoms with Crippen molar-refractivity contribution >= 4 is 5.82 Å². The number of anilines is 1. The van der Waals surface area contributed by atoms with E-state index in [0.29, 0.717) is 6.54 Å². The maximum Gasteiger partial charge on any atom is 0.183 e. The third-order valence-corrected chi connectivity index (χ3v) is 1.83. The minimum absolute atomic E-state index is 0.190. The second-order valence-electron chi connectivity index (χ2n) is 2.89. The number of pyridine rings is 1. The van der Waals surface area contributed by atoms with Crippen LogP contribution in [0.3, 0.4) is 0 Å². The lowest BCUT2D eigenvalue weighted by molar-refractivity contribution is 0.616. The second-order valence-corrected chi connectivity index (χ2v) is 2.89. The van der Waals surface area contributed by atoms with E-state index in [-0.39, 0.29) is 5.82 Å². The van der Waals surface area contributed by atoms with Crippen LogP contribution in [0.5, 0.6) is 0 Å². The van der Waals surface area contributed by atoms with Crippen LogP contribution in [-0.4, -0.2) is 15.0 Å². The predicted molar refractivity (Wildman–Crippen MR) is 53.6 cm³/mol. The minimum Gasteiger partial charge on any atom is -0.362 e. The smallest absolute Gasteiger partial charge is 0.183 e. The predicted octanol–water partition coefficient (Wildman–Crippen LogP) is 1.62. The topological polar surface area (TPSA) is 50.7 Å². The Bertz CT molecular complexity index is 432. The van der Waals surface area contributed by atoms with Crippen LogP contribution in [0.25, 0.3) is 0 Å². The van der Waals surface area contributed by atoms with Crippen molar-refractivity contribution in [1.82, 2.24) is 15.0 Å². The third-order valence-electron chi connectivity index (χ3n) is 1.83. The molecular formula is C10H9FN4. The van der Waals surface area contributed by atoms with Crippen LogP contribution in [0.4, 0.5) is 10.2 Å². The molecule has 0 unspecified atom stereocenters. The van der Waals surface area contributed by atoms with E-state index in [0.717, 1.165) is 11.9 Å². The number of nitrogens with one attached hydrogen (secondary N) is 1. The molecule has 0 radical (unpaired) electrons. The van der Waals surface area contributed by atoms with E-state index in [4.69, 9.17) is 0 Å². The van der Waals surface area contributed by atoms with Crippen molar-refractivity contribution in [2.24, 2.45) is 0 Å². The Hall–Kier alpha value is -2.04. The molecule has 2 rings (SSSR count). The first-order valence-electron chi connectivity index (χ1n) is 4.45. The molecule has 0 aliphatic rings. The SMILES string of the molecule is Fc1cncnc1NCc1ccccn1. The molecule has 1 N–H and O–H groups in total. The Morgan fingerprint density at radius 3 is 2.93 bits per heavy atom. The summed E-state index contributed by atoms with van der Waals surface area (Å²) >= 11 is 0. The lowest BCUT2D eigenvalue weighted by Gasteiger charge is -2.04. The largest absolute Gasteiger partial charge is 0.362 e. The highest BCUT2D eigenvalue weighted by Gasteiger charge is 2.01. The first kappa shape index (κ1) is 9.51. The van der Waals surface area contributed by atoms with Crippen LogP contribution >= 0.6 is 0 Å². The first-order valence-corrected chi connectivity index (χ1v) is 4.45. The maximum absolute atomic E-state index is 13.1. The fourth-order valence-electron chi connectivity index (χ4n) is 1.12. The van der Waals surface area contributed by atoms with Crippen LogP contribution in [0.2, 0.25) is 0 Å². The number of halogens is 1. The minimum atomic E-state index is -0.464. The molecule has 2 aromatic rings. The molecule has 0 bridgehead atoms. The van der Waals surface area contributed by atoms with Crippen LogP contribution in [-0.2, 0) is 6.54 Å². The van der Waals surface area contributed by atoms with Gasteiger partial charge in [-0.3, -0.25) is 4.98 Å². The molecule has 0 saturated heterocycles. The zero-order valence-corrected chi connectivity index (χ0v) is 7.89. The van der Waals surface area contributed by atoms with Crippen molar-refractivity contribution < 1.29 is 4.39 Å². The fraction of sp³-hybridized carbons (Fsp3) is 0.100. The summed E-state index contributed by atoms with van der Waals surface area (Å²) in [6, 6.07) is 5.56. The van der Waals surface area contributed by atoms with Gasteiger partial charge >= 0.3 is 0 Å². The Balaban J connectivity index is 2.03. The quantitative estimate of drug-likeness (QED) is 0.825. The summed E-state index contributed by atoms with van der Waals surface area (Å²) in [5.74, 6) is -0.274. The highest BCUT2D eigenvalue weighted by atomic mass is 19.1. The Labute approximate surface area is 86.2 Å². The highest BCUT2D eigenvalue weighted by molar-refractivity contribution is 5.34. The Kier molecular flexibility index (Phi) is 2.82. The van der Waals surface area contributed by atoms with E-state index in [1.165, 1.54) is 6.33 Å². The van der Waals surface area contributed by atoms with Gasteiger partial charge < -0.3 is 5.32 Å². The molecule has 0 amide bonds. The molecule has 76 valence electrons. The lowest BCUT2D eigenvalue weighted by Crippen LogP contribution is -2.04. The molecule has 0 atom stereocenters. The van der Waals surface area contributed by atoms with Gasteiger partial charge in [-0.1, -0.05) is 6.07 Å². The summed E-state index contributed by atoms with van der Waals surface area (Å²) in [6.07, 6.45) is 4.10. The van der Waals surface area contributed by atoms with Crippen LogP contribution in [0, 0.1) is 5.82 Å². The molecule has 0 aliphatic heterocycles. The van der Waals surface area contributed by atoms with E-state index >= 15 is 0 Å². The molecule has 2 heterocycles. The molecule has 2 aromatic heterocycles. The van der Waals surface area contributed by atoms with Crippen LogP contribution < -0.4 is 5.32 Å². The molecule has 15 heavy (non-hydrogen) atoms. The molecular weight excluding hydrogens is 195 g/mol. The summed E-state index contributed by atoms with van der Waals surface area (Å²) in [5.41, 5.74) is 0.829. The van der Waals surface area contributed by atoms with Crippen molar-refractivity contribution in [3.05, 3.63) is 48.4 Å². The number of hydrogen-bond acceptors (Lipinski definition) is 4. The first-order chi connectivity index (χ1) is 7.36. The van der Waals surface area contributed by atoms with Gasteiger partial charge in [0.1, 0.15) is 6.33 Å². The summed E-state index contributed by atoms with van der Waals surface area (Å²) in [4.78, 5) is 11.4. The lowest BCUT2D eigenvalue weighted by atomic mass is 10.3. The fourth-order valence-corrected chi connectivity index (χ4v) is 1.12. The normalized spacial score (nSPS) is 9.93. The third kappa shape index (κ3) is 2.46. The average Bonchev–Trinajstić information content (AvgIpc) is 2.29. The van der Waals surface area contributed by atoms with E-state index in [9.17, 15) is 4.39 Å². The molecule has 0 fully saturated rings. The van der Waals surface area contributed by atoms with Gasteiger partial charge in [0.05, 0.1) is 18.4 Å². The van der Waals surface area contributed by atoms with Crippen molar-refractivity contribution in [1.29, 1.82) is 0 Å². The van der Waals surface area contributed by atoms with Crippen molar-refractivity contribution in [2.45, 2.75) is 6.54 Å². The molecule has 4 nitrogen and oxygen atoms in total. The second kappa shape index (κ2) is 4.45. The van der Waals surface area contributed by atoms with Crippen molar-refractivity contribution in [2.75, 3.05) is 5.32 Å². The van der Waals surface area contributed by atoms with Gasteiger partial charge in [-0.25, -0.2) is 14.4 Å². The zero-order valence-electron chi connectivity index (χ0n) is 7.89. The van der Waals surface area contributed by atoms with Gasteiger partial charge in [0.2, 0.25) is 0 Å². The van der Waals surface area contributed by atoms with E-state index in [1.54, 1.807) is 6.20 Å². The molecule has 0 aliphatic carbocycles. The number of rotatable bonds is 3. The van der Waals surface area contributed by atoms with Crippen molar-refractivity contribution in [3.63, 3.8) is 0 Å². The maximum atomic E-state index is 13.1. The van der Waals surface area contributed by atoms with Gasteiger partial charge in [-0.05, 0) is 12.1 Å².